The van der Waals surface area contributed by atoms with E-state index >= 15 is 0 Å². The number of rotatable bonds is 4. The molecule has 5 N–H and O–H groups in total. The molecule has 0 aliphatic carbocycles. The summed E-state index contributed by atoms with van der Waals surface area (Å²) in [6.45, 7) is 0. The zero-order valence-corrected chi connectivity index (χ0v) is 7.87. The van der Waals surface area contributed by atoms with Gasteiger partial charge in [0.25, 0.3) is 0 Å². The number of carbonyl (C=O) groups is 1. The molecule has 0 aliphatic rings. The van der Waals surface area contributed by atoms with E-state index in [2.05, 4.69) is 0 Å². The van der Waals surface area contributed by atoms with Crippen molar-refractivity contribution in [3.05, 3.63) is 0 Å². The highest BCUT2D eigenvalue weighted by Crippen LogP contribution is 1.97. The van der Waals surface area contributed by atoms with Crippen LogP contribution in [0.15, 0.2) is 0 Å². The molecular formula is C5H14ClNO3S. The Bertz CT molecular complexity index is 104. The van der Waals surface area contributed by atoms with Gasteiger partial charge in [-0.05, 0) is 18.4 Å². The van der Waals surface area contributed by atoms with Crippen molar-refractivity contribution in [3.8, 4) is 0 Å². The summed E-state index contributed by atoms with van der Waals surface area (Å²) >= 11 is 1.60. The van der Waals surface area contributed by atoms with Crippen molar-refractivity contribution in [2.45, 2.75) is 12.5 Å². The van der Waals surface area contributed by atoms with Crippen molar-refractivity contribution in [1.82, 2.24) is 0 Å². The summed E-state index contributed by atoms with van der Waals surface area (Å²) in [5.74, 6) is -0.1000. The lowest BCUT2D eigenvalue weighted by Gasteiger charge is -2.02. The summed E-state index contributed by atoms with van der Waals surface area (Å²) in [7, 11) is 0. The van der Waals surface area contributed by atoms with E-state index in [1.54, 1.807) is 11.8 Å². The third-order valence-electron chi connectivity index (χ3n) is 0.950. The lowest BCUT2D eigenvalue weighted by molar-refractivity contribution is -0.138. The van der Waals surface area contributed by atoms with Gasteiger partial charge in [0.05, 0.1) is 0 Å². The van der Waals surface area contributed by atoms with Crippen LogP contribution in [0.1, 0.15) is 6.42 Å². The maximum absolute atomic E-state index is 10.1. The molecule has 0 radical (unpaired) electrons. The zero-order chi connectivity index (χ0) is 7.28. The number of halogens is 1. The summed E-state index contributed by atoms with van der Waals surface area (Å²) in [6.07, 6.45) is 2.48. The minimum absolute atomic E-state index is 0. The van der Waals surface area contributed by atoms with Gasteiger partial charge in [0.2, 0.25) is 0 Å². The minimum atomic E-state index is -0.913. The number of carboxylic acids is 1. The first-order valence-electron chi connectivity index (χ1n) is 2.65. The SMILES string of the molecule is CSCCC(N)C(=O)O.Cl.O. The normalized spacial score (nSPS) is 10.7. The smallest absolute Gasteiger partial charge is 0.320 e. The van der Waals surface area contributed by atoms with Crippen LogP contribution in [0.4, 0.5) is 0 Å². The molecule has 0 rings (SSSR count). The molecule has 11 heavy (non-hydrogen) atoms. The molecule has 0 saturated heterocycles. The quantitative estimate of drug-likeness (QED) is 0.659. The zero-order valence-electron chi connectivity index (χ0n) is 6.24. The molecule has 0 saturated carbocycles. The molecule has 0 aromatic rings. The second kappa shape index (κ2) is 10.0. The van der Waals surface area contributed by atoms with Crippen LogP contribution in [-0.2, 0) is 4.79 Å². The van der Waals surface area contributed by atoms with Gasteiger partial charge >= 0.3 is 5.97 Å². The highest BCUT2D eigenvalue weighted by Gasteiger charge is 2.08. The second-order valence-corrected chi connectivity index (χ2v) is 2.71. The standard InChI is InChI=1S/C5H11NO2S.ClH.H2O/c1-9-3-2-4(6)5(7)8;;/h4H,2-3,6H2,1H3,(H,7,8);1H;1H2. The van der Waals surface area contributed by atoms with Crippen molar-refractivity contribution in [1.29, 1.82) is 0 Å². The fourth-order valence-electron chi connectivity index (χ4n) is 0.368. The number of carboxylic acid groups (broad SMARTS) is 1. The van der Waals surface area contributed by atoms with Crippen molar-refractivity contribution in [2.24, 2.45) is 5.73 Å². The van der Waals surface area contributed by atoms with E-state index in [1.807, 2.05) is 6.26 Å². The summed E-state index contributed by atoms with van der Waals surface area (Å²) in [6, 6.07) is -0.683. The van der Waals surface area contributed by atoms with Crippen LogP contribution in [0, 0.1) is 0 Å². The second-order valence-electron chi connectivity index (χ2n) is 1.73. The van der Waals surface area contributed by atoms with Gasteiger partial charge < -0.3 is 16.3 Å². The Labute approximate surface area is 76.3 Å². The summed E-state index contributed by atoms with van der Waals surface area (Å²) in [5, 5.41) is 8.27. The lowest BCUT2D eigenvalue weighted by atomic mass is 10.2. The molecule has 6 heteroatoms. The van der Waals surface area contributed by atoms with Crippen LogP contribution in [0.2, 0.25) is 0 Å². The van der Waals surface area contributed by atoms with Gasteiger partial charge in [-0.3, -0.25) is 4.79 Å². The summed E-state index contributed by atoms with van der Waals surface area (Å²) in [5.41, 5.74) is 5.19. The van der Waals surface area contributed by atoms with Crippen LogP contribution in [-0.4, -0.2) is 34.6 Å². The van der Waals surface area contributed by atoms with E-state index in [-0.39, 0.29) is 17.9 Å². The Hall–Kier alpha value is 0.0300. The minimum Gasteiger partial charge on any atom is -0.480 e. The summed E-state index contributed by atoms with van der Waals surface area (Å²) in [4.78, 5) is 10.1. The largest absolute Gasteiger partial charge is 0.480 e. The molecule has 0 aliphatic heterocycles. The maximum atomic E-state index is 10.1. The third kappa shape index (κ3) is 10.0. The molecule has 0 aromatic carbocycles. The molecule has 1 unspecified atom stereocenters. The van der Waals surface area contributed by atoms with Gasteiger partial charge in [-0.15, -0.1) is 12.4 Å². The monoisotopic (exact) mass is 203 g/mol. The van der Waals surface area contributed by atoms with Gasteiger partial charge in [-0.25, -0.2) is 0 Å². The first kappa shape index (κ1) is 17.2. The molecule has 0 aromatic heterocycles. The topological polar surface area (TPSA) is 94.8 Å². The Morgan fingerprint density at radius 1 is 1.73 bits per heavy atom. The molecule has 1 atom stereocenters. The number of hydrogen-bond acceptors (Lipinski definition) is 3. The fraction of sp³-hybridized carbons (Fsp3) is 0.800. The molecule has 70 valence electrons. The van der Waals surface area contributed by atoms with Gasteiger partial charge in [-0.2, -0.15) is 11.8 Å². The average molecular weight is 204 g/mol. The van der Waals surface area contributed by atoms with E-state index in [0.29, 0.717) is 6.42 Å². The average Bonchev–Trinajstić information content (AvgIpc) is 1.82. The molecular weight excluding hydrogens is 190 g/mol. The molecule has 0 spiro atoms. The van der Waals surface area contributed by atoms with Crippen molar-refractivity contribution >= 4 is 30.1 Å². The van der Waals surface area contributed by atoms with Gasteiger partial charge in [-0.1, -0.05) is 0 Å². The number of aliphatic carboxylic acids is 1. The van der Waals surface area contributed by atoms with Crippen molar-refractivity contribution < 1.29 is 15.4 Å². The van der Waals surface area contributed by atoms with Crippen LogP contribution < -0.4 is 5.73 Å². The Morgan fingerprint density at radius 2 is 2.18 bits per heavy atom. The van der Waals surface area contributed by atoms with Crippen LogP contribution >= 0.6 is 24.2 Å². The molecule has 0 amide bonds. The Kier molecular flexibility index (Phi) is 15.7. The van der Waals surface area contributed by atoms with Crippen molar-refractivity contribution in [2.75, 3.05) is 12.0 Å². The molecule has 0 heterocycles. The fourth-order valence-corrected chi connectivity index (χ4v) is 0.858. The van der Waals surface area contributed by atoms with Crippen LogP contribution in [0.3, 0.4) is 0 Å². The van der Waals surface area contributed by atoms with E-state index in [4.69, 9.17) is 10.8 Å². The molecule has 4 nitrogen and oxygen atoms in total. The number of thioether (sulfide) groups is 1. The predicted octanol–water partition coefficient (Wildman–Crippen LogP) is -0.252. The Morgan fingerprint density at radius 3 is 2.45 bits per heavy atom. The number of nitrogens with two attached hydrogens (primary N) is 1. The maximum Gasteiger partial charge on any atom is 0.320 e. The van der Waals surface area contributed by atoms with Gasteiger partial charge in [0, 0.05) is 0 Å². The molecule has 0 fully saturated rings. The van der Waals surface area contributed by atoms with E-state index in [1.165, 1.54) is 0 Å². The first-order valence-corrected chi connectivity index (χ1v) is 4.05. The molecule has 0 bridgehead atoms. The van der Waals surface area contributed by atoms with Gasteiger partial charge in [0.1, 0.15) is 6.04 Å². The van der Waals surface area contributed by atoms with Gasteiger partial charge in [0.15, 0.2) is 0 Å². The highest BCUT2D eigenvalue weighted by atomic mass is 35.5. The van der Waals surface area contributed by atoms with E-state index < -0.39 is 12.0 Å². The van der Waals surface area contributed by atoms with Crippen LogP contribution in [0.5, 0.6) is 0 Å². The third-order valence-corrected chi connectivity index (χ3v) is 1.59. The predicted molar refractivity (Wildman–Crippen MR) is 49.5 cm³/mol. The lowest BCUT2D eigenvalue weighted by Crippen LogP contribution is -2.30. The highest BCUT2D eigenvalue weighted by molar-refractivity contribution is 7.98. The van der Waals surface area contributed by atoms with E-state index in [0.717, 1.165) is 5.75 Å². The first-order chi connectivity index (χ1) is 4.18. The summed E-state index contributed by atoms with van der Waals surface area (Å²) < 4.78 is 0. The van der Waals surface area contributed by atoms with Crippen LogP contribution in [0.25, 0.3) is 0 Å². The van der Waals surface area contributed by atoms with E-state index in [9.17, 15) is 4.79 Å². The van der Waals surface area contributed by atoms with Crippen molar-refractivity contribution in [3.63, 3.8) is 0 Å². The Balaban J connectivity index is -0.000000320. The number of hydrogen-bond donors (Lipinski definition) is 2.